The van der Waals surface area contributed by atoms with Gasteiger partial charge in [0.1, 0.15) is 0 Å². The Balaban J connectivity index is 1.70. The number of likely N-dealkylation sites (N-methyl/N-ethyl adjacent to an activating group) is 1. The summed E-state index contributed by atoms with van der Waals surface area (Å²) in [7, 11) is 0.754. The Morgan fingerprint density at radius 2 is 1.96 bits per heavy atom. The average Bonchev–Trinajstić information content (AvgIpc) is 2.92. The van der Waals surface area contributed by atoms with Gasteiger partial charge in [-0.05, 0) is 58.0 Å². The molecule has 5 nitrogen and oxygen atoms in total. The van der Waals surface area contributed by atoms with Crippen molar-refractivity contribution in [2.24, 2.45) is 0 Å². The summed E-state index contributed by atoms with van der Waals surface area (Å²) in [6.07, 6.45) is 2.56. The standard InChI is InChI=1S/C17H26N2O3S/c1-14-5-4-6-16(11-14)23(20,21)19-9-7-17(8-10-19)12-15(13-22-17)18(2)3/h4-6,11,15H,7-10,12-13H2,1-3H3/t15-/m1/s1. The Hall–Kier alpha value is -0.950. The summed E-state index contributed by atoms with van der Waals surface area (Å²) in [5.41, 5.74) is 0.834. The maximum atomic E-state index is 12.8. The number of rotatable bonds is 3. The lowest BCUT2D eigenvalue weighted by Crippen LogP contribution is -2.46. The minimum Gasteiger partial charge on any atom is -0.373 e. The summed E-state index contributed by atoms with van der Waals surface area (Å²) in [6, 6.07) is 7.58. The van der Waals surface area contributed by atoms with Gasteiger partial charge in [0.25, 0.3) is 0 Å². The van der Waals surface area contributed by atoms with E-state index in [1.807, 2.05) is 13.0 Å². The zero-order chi connectivity index (χ0) is 16.7. The molecule has 0 N–H and O–H groups in total. The lowest BCUT2D eigenvalue weighted by atomic mass is 9.88. The first-order chi connectivity index (χ1) is 10.8. The molecule has 2 heterocycles. The van der Waals surface area contributed by atoms with Crippen molar-refractivity contribution in [2.75, 3.05) is 33.8 Å². The molecule has 0 aromatic heterocycles. The van der Waals surface area contributed by atoms with E-state index in [9.17, 15) is 8.42 Å². The summed E-state index contributed by atoms with van der Waals surface area (Å²) in [5, 5.41) is 0. The Morgan fingerprint density at radius 1 is 1.26 bits per heavy atom. The van der Waals surface area contributed by atoms with Gasteiger partial charge in [0.2, 0.25) is 10.0 Å². The van der Waals surface area contributed by atoms with Crippen LogP contribution in [0.25, 0.3) is 0 Å². The van der Waals surface area contributed by atoms with Crippen molar-refractivity contribution in [1.29, 1.82) is 0 Å². The summed E-state index contributed by atoms with van der Waals surface area (Å²) in [5.74, 6) is 0. The Labute approximate surface area is 139 Å². The molecule has 2 saturated heterocycles. The van der Waals surface area contributed by atoms with Crippen LogP contribution < -0.4 is 0 Å². The van der Waals surface area contributed by atoms with Gasteiger partial charge in [0, 0.05) is 19.1 Å². The largest absolute Gasteiger partial charge is 0.373 e. The van der Waals surface area contributed by atoms with E-state index in [-0.39, 0.29) is 5.60 Å². The molecular formula is C17H26N2O3S. The minimum atomic E-state index is -3.39. The van der Waals surface area contributed by atoms with Gasteiger partial charge in [-0.25, -0.2) is 8.42 Å². The molecule has 1 aromatic carbocycles. The van der Waals surface area contributed by atoms with E-state index >= 15 is 0 Å². The van der Waals surface area contributed by atoms with Gasteiger partial charge in [-0.1, -0.05) is 12.1 Å². The fourth-order valence-corrected chi connectivity index (χ4v) is 5.11. The molecule has 128 valence electrons. The molecule has 2 aliphatic heterocycles. The van der Waals surface area contributed by atoms with Crippen molar-refractivity contribution in [3.05, 3.63) is 29.8 Å². The van der Waals surface area contributed by atoms with Crippen LogP contribution in [-0.4, -0.2) is 63.1 Å². The minimum absolute atomic E-state index is 0.131. The average molecular weight is 338 g/mol. The number of sulfonamides is 1. The number of hydrogen-bond acceptors (Lipinski definition) is 4. The quantitative estimate of drug-likeness (QED) is 0.844. The van der Waals surface area contributed by atoms with Gasteiger partial charge < -0.3 is 9.64 Å². The van der Waals surface area contributed by atoms with Gasteiger partial charge in [0.05, 0.1) is 17.1 Å². The van der Waals surface area contributed by atoms with Gasteiger partial charge >= 0.3 is 0 Å². The Kier molecular flexibility index (Phi) is 4.53. The summed E-state index contributed by atoms with van der Waals surface area (Å²) in [6.45, 7) is 3.74. The van der Waals surface area contributed by atoms with Crippen LogP contribution in [0.1, 0.15) is 24.8 Å². The van der Waals surface area contributed by atoms with Crippen molar-refractivity contribution < 1.29 is 13.2 Å². The molecule has 1 aromatic rings. The fourth-order valence-electron chi connectivity index (χ4n) is 3.56. The first-order valence-corrected chi connectivity index (χ1v) is 9.64. The lowest BCUT2D eigenvalue weighted by Gasteiger charge is -2.38. The maximum absolute atomic E-state index is 12.8. The van der Waals surface area contributed by atoms with Crippen molar-refractivity contribution >= 4 is 10.0 Å². The SMILES string of the molecule is Cc1cccc(S(=O)(=O)N2CCC3(CC2)C[C@@H](N(C)C)CO3)c1. The molecule has 2 aliphatic rings. The molecule has 6 heteroatoms. The molecule has 0 unspecified atom stereocenters. The van der Waals surface area contributed by atoms with Crippen LogP contribution in [0.15, 0.2) is 29.2 Å². The monoisotopic (exact) mass is 338 g/mol. The smallest absolute Gasteiger partial charge is 0.243 e. The predicted molar refractivity (Wildman–Crippen MR) is 89.9 cm³/mol. The number of piperidine rings is 1. The van der Waals surface area contributed by atoms with Gasteiger partial charge in [-0.2, -0.15) is 4.31 Å². The van der Waals surface area contributed by atoms with E-state index < -0.39 is 10.0 Å². The Morgan fingerprint density at radius 3 is 2.52 bits per heavy atom. The van der Waals surface area contributed by atoms with E-state index in [1.165, 1.54) is 0 Å². The molecular weight excluding hydrogens is 312 g/mol. The Bertz CT molecular complexity index is 664. The third kappa shape index (κ3) is 3.31. The number of hydrogen-bond donors (Lipinski definition) is 0. The zero-order valence-corrected chi connectivity index (χ0v) is 15.0. The van der Waals surface area contributed by atoms with E-state index in [0.717, 1.165) is 31.4 Å². The highest BCUT2D eigenvalue weighted by atomic mass is 32.2. The van der Waals surface area contributed by atoms with Crippen molar-refractivity contribution in [2.45, 2.75) is 42.7 Å². The maximum Gasteiger partial charge on any atom is 0.243 e. The van der Waals surface area contributed by atoms with Crippen LogP contribution in [-0.2, 0) is 14.8 Å². The molecule has 0 amide bonds. The fraction of sp³-hybridized carbons (Fsp3) is 0.647. The molecule has 1 atom stereocenters. The van der Waals surface area contributed by atoms with E-state index in [0.29, 0.717) is 24.0 Å². The summed E-state index contributed by atoms with van der Waals surface area (Å²) < 4.78 is 33.3. The van der Waals surface area contributed by atoms with Crippen LogP contribution in [0.2, 0.25) is 0 Å². The van der Waals surface area contributed by atoms with E-state index in [2.05, 4.69) is 19.0 Å². The number of aryl methyl sites for hydroxylation is 1. The van der Waals surface area contributed by atoms with Crippen LogP contribution in [0.3, 0.4) is 0 Å². The van der Waals surface area contributed by atoms with Crippen LogP contribution in [0.4, 0.5) is 0 Å². The third-order valence-electron chi connectivity index (χ3n) is 5.18. The highest BCUT2D eigenvalue weighted by Crippen LogP contribution is 2.38. The summed E-state index contributed by atoms with van der Waals surface area (Å²) >= 11 is 0. The summed E-state index contributed by atoms with van der Waals surface area (Å²) in [4.78, 5) is 2.59. The molecule has 3 rings (SSSR count). The highest BCUT2D eigenvalue weighted by molar-refractivity contribution is 7.89. The number of nitrogens with zero attached hydrogens (tertiary/aromatic N) is 2. The molecule has 2 fully saturated rings. The first-order valence-electron chi connectivity index (χ1n) is 8.20. The van der Waals surface area contributed by atoms with Crippen molar-refractivity contribution in [3.63, 3.8) is 0 Å². The van der Waals surface area contributed by atoms with Crippen LogP contribution in [0, 0.1) is 6.92 Å². The van der Waals surface area contributed by atoms with Crippen LogP contribution >= 0.6 is 0 Å². The second kappa shape index (κ2) is 6.16. The third-order valence-corrected chi connectivity index (χ3v) is 7.08. The normalized spacial score (nSPS) is 25.3. The van der Waals surface area contributed by atoms with Crippen molar-refractivity contribution in [3.8, 4) is 0 Å². The zero-order valence-electron chi connectivity index (χ0n) is 14.2. The van der Waals surface area contributed by atoms with E-state index in [1.54, 1.807) is 22.5 Å². The van der Waals surface area contributed by atoms with Gasteiger partial charge in [-0.3, -0.25) is 0 Å². The molecule has 0 saturated carbocycles. The molecule has 0 radical (unpaired) electrons. The van der Waals surface area contributed by atoms with E-state index in [4.69, 9.17) is 4.74 Å². The number of ether oxygens (including phenoxy) is 1. The molecule has 0 aliphatic carbocycles. The lowest BCUT2D eigenvalue weighted by molar-refractivity contribution is -0.0315. The molecule has 1 spiro atoms. The highest BCUT2D eigenvalue weighted by Gasteiger charge is 2.45. The van der Waals surface area contributed by atoms with Gasteiger partial charge in [-0.15, -0.1) is 0 Å². The van der Waals surface area contributed by atoms with Gasteiger partial charge in [0.15, 0.2) is 0 Å². The number of benzene rings is 1. The predicted octanol–water partition coefficient (Wildman–Crippen LogP) is 1.87. The second-order valence-electron chi connectivity index (χ2n) is 7.04. The molecule has 0 bridgehead atoms. The topological polar surface area (TPSA) is 49.9 Å². The second-order valence-corrected chi connectivity index (χ2v) is 8.97. The van der Waals surface area contributed by atoms with Crippen LogP contribution in [0.5, 0.6) is 0 Å². The molecule has 23 heavy (non-hydrogen) atoms. The first kappa shape index (κ1) is 16.9. The van der Waals surface area contributed by atoms with Crippen molar-refractivity contribution in [1.82, 2.24) is 9.21 Å².